The summed E-state index contributed by atoms with van der Waals surface area (Å²) in [6, 6.07) is 7.49. The predicted molar refractivity (Wildman–Crippen MR) is 85.7 cm³/mol. The Kier molecular flexibility index (Phi) is 2.76. The first-order chi connectivity index (χ1) is 10.7. The van der Waals surface area contributed by atoms with Crippen LogP contribution in [0.3, 0.4) is 0 Å². The molecule has 0 spiro atoms. The standard InChI is InChI=1S/C14H10N6OS/c15-13-16-5-11-12(19-13)22-14-18-10(6-20(11)14)8-1-3-9(4-2-8)17-7-21/h1-7H,(H,17,21)(H2,15,16,19). The second-order valence-electron chi connectivity index (χ2n) is 4.64. The summed E-state index contributed by atoms with van der Waals surface area (Å²) in [6.45, 7) is 0. The van der Waals surface area contributed by atoms with Crippen LogP contribution in [0.15, 0.2) is 36.7 Å². The number of nitrogens with zero attached hydrogens (tertiary/aromatic N) is 4. The molecule has 4 rings (SSSR count). The van der Waals surface area contributed by atoms with Crippen molar-refractivity contribution in [1.82, 2.24) is 19.4 Å². The van der Waals surface area contributed by atoms with E-state index in [9.17, 15) is 4.79 Å². The van der Waals surface area contributed by atoms with Crippen molar-refractivity contribution < 1.29 is 4.79 Å². The van der Waals surface area contributed by atoms with Crippen molar-refractivity contribution in [2.45, 2.75) is 0 Å². The molecule has 0 saturated carbocycles. The maximum absolute atomic E-state index is 10.4. The summed E-state index contributed by atoms with van der Waals surface area (Å²) in [5.41, 5.74) is 9.04. The minimum atomic E-state index is 0.260. The molecule has 3 N–H and O–H groups in total. The van der Waals surface area contributed by atoms with Crippen molar-refractivity contribution >= 4 is 44.7 Å². The molecule has 1 amide bonds. The summed E-state index contributed by atoms with van der Waals surface area (Å²) >= 11 is 1.46. The Morgan fingerprint density at radius 2 is 2.05 bits per heavy atom. The van der Waals surface area contributed by atoms with Crippen molar-refractivity contribution in [2.75, 3.05) is 11.1 Å². The average molecular weight is 310 g/mol. The highest BCUT2D eigenvalue weighted by molar-refractivity contribution is 7.23. The van der Waals surface area contributed by atoms with Gasteiger partial charge < -0.3 is 11.1 Å². The van der Waals surface area contributed by atoms with Crippen LogP contribution < -0.4 is 11.1 Å². The van der Waals surface area contributed by atoms with Crippen LogP contribution in [0.4, 0.5) is 11.6 Å². The lowest BCUT2D eigenvalue weighted by Gasteiger charge is -2.00. The zero-order valence-electron chi connectivity index (χ0n) is 11.2. The largest absolute Gasteiger partial charge is 0.368 e. The van der Waals surface area contributed by atoms with Crippen LogP contribution >= 0.6 is 11.3 Å². The van der Waals surface area contributed by atoms with E-state index in [1.807, 2.05) is 34.9 Å². The van der Waals surface area contributed by atoms with Crippen molar-refractivity contribution in [3.8, 4) is 11.3 Å². The summed E-state index contributed by atoms with van der Waals surface area (Å²) in [5.74, 6) is 0.260. The van der Waals surface area contributed by atoms with Gasteiger partial charge in [0.15, 0.2) is 4.96 Å². The lowest BCUT2D eigenvalue weighted by atomic mass is 10.1. The van der Waals surface area contributed by atoms with Crippen molar-refractivity contribution in [3.63, 3.8) is 0 Å². The molecule has 0 aliphatic rings. The van der Waals surface area contributed by atoms with Gasteiger partial charge in [0.2, 0.25) is 12.4 Å². The summed E-state index contributed by atoms with van der Waals surface area (Å²) in [5, 5.41) is 2.60. The first-order valence-corrected chi connectivity index (χ1v) is 7.27. The highest BCUT2D eigenvalue weighted by Crippen LogP contribution is 2.28. The van der Waals surface area contributed by atoms with Crippen LogP contribution in [0.25, 0.3) is 26.6 Å². The van der Waals surface area contributed by atoms with Crippen LogP contribution in [0, 0.1) is 0 Å². The van der Waals surface area contributed by atoms with Gasteiger partial charge >= 0.3 is 0 Å². The fraction of sp³-hybridized carbons (Fsp3) is 0. The van der Waals surface area contributed by atoms with Gasteiger partial charge in [0.05, 0.1) is 11.9 Å². The Hall–Kier alpha value is -3.00. The number of nitrogen functional groups attached to an aromatic ring is 1. The number of amides is 1. The van der Waals surface area contributed by atoms with E-state index >= 15 is 0 Å². The third-order valence-corrected chi connectivity index (χ3v) is 4.25. The third-order valence-electron chi connectivity index (χ3n) is 3.28. The number of hydrogen-bond acceptors (Lipinski definition) is 6. The second-order valence-corrected chi connectivity index (χ2v) is 5.59. The molecular formula is C14H10N6OS. The van der Waals surface area contributed by atoms with Gasteiger partial charge in [0.1, 0.15) is 10.3 Å². The van der Waals surface area contributed by atoms with Crippen LogP contribution in [0.2, 0.25) is 0 Å². The van der Waals surface area contributed by atoms with E-state index in [1.54, 1.807) is 6.20 Å². The molecule has 0 fully saturated rings. The molecule has 0 atom stereocenters. The molecule has 8 heteroatoms. The highest BCUT2D eigenvalue weighted by Gasteiger charge is 2.11. The van der Waals surface area contributed by atoms with Crippen LogP contribution in [-0.4, -0.2) is 25.8 Å². The van der Waals surface area contributed by atoms with E-state index < -0.39 is 0 Å². The number of carbonyl (C=O) groups is 1. The van der Waals surface area contributed by atoms with Gasteiger partial charge in [-0.3, -0.25) is 9.20 Å². The third kappa shape index (κ3) is 1.97. The van der Waals surface area contributed by atoms with E-state index in [1.165, 1.54) is 11.3 Å². The fourth-order valence-electron chi connectivity index (χ4n) is 2.25. The lowest BCUT2D eigenvalue weighted by Crippen LogP contribution is -1.93. The summed E-state index contributed by atoms with van der Waals surface area (Å²) in [7, 11) is 0. The monoisotopic (exact) mass is 310 g/mol. The second kappa shape index (κ2) is 4.78. The topological polar surface area (TPSA) is 98.2 Å². The summed E-state index contributed by atoms with van der Waals surface area (Å²) in [4.78, 5) is 24.9. The van der Waals surface area contributed by atoms with Crippen LogP contribution in [0.5, 0.6) is 0 Å². The summed E-state index contributed by atoms with van der Waals surface area (Å²) < 4.78 is 1.95. The van der Waals surface area contributed by atoms with Crippen LogP contribution in [0.1, 0.15) is 0 Å². The molecule has 0 aliphatic carbocycles. The number of hydrogen-bond donors (Lipinski definition) is 2. The van der Waals surface area contributed by atoms with E-state index in [0.717, 1.165) is 32.3 Å². The molecule has 3 heterocycles. The number of benzene rings is 1. The summed E-state index contributed by atoms with van der Waals surface area (Å²) in [6.07, 6.45) is 4.29. The molecule has 0 unspecified atom stereocenters. The van der Waals surface area contributed by atoms with Crippen molar-refractivity contribution in [2.24, 2.45) is 0 Å². The maximum Gasteiger partial charge on any atom is 0.221 e. The van der Waals surface area contributed by atoms with Gasteiger partial charge in [0, 0.05) is 17.4 Å². The molecule has 0 saturated heterocycles. The minimum absolute atomic E-state index is 0.260. The van der Waals surface area contributed by atoms with Gasteiger partial charge in [-0.15, -0.1) is 0 Å². The molecule has 4 aromatic rings. The average Bonchev–Trinajstić information content (AvgIpc) is 3.05. The van der Waals surface area contributed by atoms with Crippen molar-refractivity contribution in [3.05, 3.63) is 36.7 Å². The minimum Gasteiger partial charge on any atom is -0.368 e. The number of anilines is 2. The van der Waals surface area contributed by atoms with Gasteiger partial charge in [-0.2, -0.15) is 0 Å². The Bertz CT molecular complexity index is 988. The molecule has 0 radical (unpaired) electrons. The number of aromatic nitrogens is 4. The molecule has 0 bridgehead atoms. The smallest absolute Gasteiger partial charge is 0.221 e. The van der Waals surface area contributed by atoms with E-state index in [0.29, 0.717) is 6.41 Å². The van der Waals surface area contributed by atoms with Gasteiger partial charge in [-0.25, -0.2) is 15.0 Å². The molecule has 3 aromatic heterocycles. The Labute approximate surface area is 128 Å². The lowest BCUT2D eigenvalue weighted by molar-refractivity contribution is -0.105. The fourth-order valence-corrected chi connectivity index (χ4v) is 3.21. The zero-order chi connectivity index (χ0) is 15.1. The number of thiazole rings is 1. The van der Waals surface area contributed by atoms with Crippen molar-refractivity contribution in [1.29, 1.82) is 0 Å². The number of rotatable bonds is 3. The number of fused-ring (bicyclic) bond motifs is 3. The molecule has 0 aliphatic heterocycles. The van der Waals surface area contributed by atoms with E-state index in [-0.39, 0.29) is 5.95 Å². The SMILES string of the molecule is Nc1ncc2c(n1)sc1nc(-c3ccc(NC=O)cc3)cn12. The van der Waals surface area contributed by atoms with Gasteiger partial charge in [0.25, 0.3) is 0 Å². The number of imidazole rings is 1. The molecule has 22 heavy (non-hydrogen) atoms. The molecular weight excluding hydrogens is 300 g/mol. The number of nitrogens with one attached hydrogen (secondary N) is 1. The van der Waals surface area contributed by atoms with E-state index in [2.05, 4.69) is 20.3 Å². The van der Waals surface area contributed by atoms with Crippen LogP contribution in [-0.2, 0) is 4.79 Å². The first-order valence-electron chi connectivity index (χ1n) is 6.45. The molecule has 7 nitrogen and oxygen atoms in total. The highest BCUT2D eigenvalue weighted by atomic mass is 32.1. The van der Waals surface area contributed by atoms with Gasteiger partial charge in [-0.05, 0) is 12.1 Å². The molecule has 1 aromatic carbocycles. The number of nitrogens with two attached hydrogens (primary N) is 1. The maximum atomic E-state index is 10.4. The Morgan fingerprint density at radius 1 is 1.23 bits per heavy atom. The molecule has 108 valence electrons. The normalized spacial score (nSPS) is 11.1. The Morgan fingerprint density at radius 3 is 2.82 bits per heavy atom. The number of carbonyl (C=O) groups excluding carboxylic acids is 1. The first kappa shape index (κ1) is 12.7. The predicted octanol–water partition coefficient (Wildman–Crippen LogP) is 2.16. The quantitative estimate of drug-likeness (QED) is 0.565. The Balaban J connectivity index is 1.80. The van der Waals surface area contributed by atoms with Gasteiger partial charge in [-0.1, -0.05) is 23.5 Å². The van der Waals surface area contributed by atoms with E-state index in [4.69, 9.17) is 5.73 Å². The zero-order valence-corrected chi connectivity index (χ0v) is 12.0.